The summed E-state index contributed by atoms with van der Waals surface area (Å²) in [5.74, 6) is 1.67. The first-order valence-corrected chi connectivity index (χ1v) is 8.88. The highest BCUT2D eigenvalue weighted by Crippen LogP contribution is 2.39. The summed E-state index contributed by atoms with van der Waals surface area (Å²) in [5, 5.41) is 4.01. The maximum absolute atomic E-state index is 12.2. The fourth-order valence-corrected chi connectivity index (χ4v) is 4.09. The van der Waals surface area contributed by atoms with Gasteiger partial charge in [-0.3, -0.25) is 9.69 Å². The van der Waals surface area contributed by atoms with Gasteiger partial charge >= 0.3 is 0 Å². The minimum Gasteiger partial charge on any atom is -0.385 e. The van der Waals surface area contributed by atoms with Crippen molar-refractivity contribution in [3.05, 3.63) is 11.7 Å². The monoisotopic (exact) mass is 336 g/mol. The molecule has 2 aliphatic rings. The van der Waals surface area contributed by atoms with Gasteiger partial charge in [0.25, 0.3) is 0 Å². The third-order valence-corrected chi connectivity index (χ3v) is 5.20. The zero-order valence-electron chi connectivity index (χ0n) is 14.8. The smallest absolute Gasteiger partial charge is 0.223 e. The molecule has 3 heterocycles. The highest BCUT2D eigenvalue weighted by molar-refractivity contribution is 5.77. The molecular formula is C17H28N4O3. The van der Waals surface area contributed by atoms with Gasteiger partial charge in [-0.1, -0.05) is 5.16 Å². The molecule has 0 unspecified atom stereocenters. The van der Waals surface area contributed by atoms with Crippen LogP contribution in [0.15, 0.2) is 4.52 Å². The third-order valence-electron chi connectivity index (χ3n) is 5.20. The number of nitrogens with zero attached hydrogens (tertiary/aromatic N) is 4. The largest absolute Gasteiger partial charge is 0.385 e. The number of methoxy groups -OCH3 is 1. The molecule has 2 aliphatic heterocycles. The Morgan fingerprint density at radius 1 is 1.33 bits per heavy atom. The van der Waals surface area contributed by atoms with Crippen molar-refractivity contribution in [1.82, 2.24) is 19.9 Å². The van der Waals surface area contributed by atoms with Crippen molar-refractivity contribution >= 4 is 5.91 Å². The summed E-state index contributed by atoms with van der Waals surface area (Å²) in [7, 11) is 1.71. The molecule has 2 fully saturated rings. The lowest BCUT2D eigenvalue weighted by atomic mass is 9.73. The van der Waals surface area contributed by atoms with E-state index in [9.17, 15) is 4.79 Å². The van der Waals surface area contributed by atoms with E-state index in [1.807, 2.05) is 11.8 Å². The number of piperidine rings is 2. The third kappa shape index (κ3) is 4.13. The molecule has 3 rings (SSSR count). The minimum absolute atomic E-state index is 0.220. The van der Waals surface area contributed by atoms with Crippen LogP contribution in [0.2, 0.25) is 0 Å². The number of hydrogen-bond acceptors (Lipinski definition) is 6. The molecule has 0 bridgehead atoms. The Morgan fingerprint density at radius 3 is 2.96 bits per heavy atom. The number of amides is 1. The highest BCUT2D eigenvalue weighted by Gasteiger charge is 2.41. The first kappa shape index (κ1) is 17.4. The molecular weight excluding hydrogens is 308 g/mol. The predicted octanol–water partition coefficient (Wildman–Crippen LogP) is 1.62. The van der Waals surface area contributed by atoms with Gasteiger partial charge in [-0.15, -0.1) is 0 Å². The van der Waals surface area contributed by atoms with Gasteiger partial charge in [-0.2, -0.15) is 4.98 Å². The number of ether oxygens (including phenoxy) is 1. The normalized spacial score (nSPS) is 25.6. The van der Waals surface area contributed by atoms with E-state index in [0.717, 1.165) is 57.8 Å². The molecule has 7 heteroatoms. The van der Waals surface area contributed by atoms with E-state index in [0.29, 0.717) is 24.8 Å². The maximum Gasteiger partial charge on any atom is 0.223 e. The van der Waals surface area contributed by atoms with E-state index in [1.165, 1.54) is 6.42 Å². The molecule has 2 saturated heterocycles. The van der Waals surface area contributed by atoms with Crippen molar-refractivity contribution in [2.45, 2.75) is 45.6 Å². The quantitative estimate of drug-likeness (QED) is 0.735. The summed E-state index contributed by atoms with van der Waals surface area (Å²) in [6.07, 6.45) is 4.93. The van der Waals surface area contributed by atoms with Gasteiger partial charge in [-0.25, -0.2) is 0 Å². The molecule has 1 atom stereocenters. The van der Waals surface area contributed by atoms with E-state index < -0.39 is 0 Å². The summed E-state index contributed by atoms with van der Waals surface area (Å²) in [4.78, 5) is 21.0. The number of aryl methyl sites for hydroxylation is 1. The summed E-state index contributed by atoms with van der Waals surface area (Å²) in [6.45, 7) is 7.01. The van der Waals surface area contributed by atoms with E-state index in [4.69, 9.17) is 9.26 Å². The molecule has 0 saturated carbocycles. The fraction of sp³-hybridized carbons (Fsp3) is 0.824. The van der Waals surface area contributed by atoms with E-state index in [2.05, 4.69) is 15.0 Å². The van der Waals surface area contributed by atoms with E-state index in [1.54, 1.807) is 7.11 Å². The first-order valence-electron chi connectivity index (χ1n) is 8.88. The van der Waals surface area contributed by atoms with Crippen molar-refractivity contribution in [3.63, 3.8) is 0 Å². The Balaban J connectivity index is 1.60. The maximum atomic E-state index is 12.2. The van der Waals surface area contributed by atoms with Gasteiger partial charge < -0.3 is 14.2 Å². The molecule has 0 aliphatic carbocycles. The molecule has 1 spiro atoms. The van der Waals surface area contributed by atoms with Crippen molar-refractivity contribution in [1.29, 1.82) is 0 Å². The molecule has 1 amide bonds. The average molecular weight is 336 g/mol. The van der Waals surface area contributed by atoms with Crippen LogP contribution >= 0.6 is 0 Å². The van der Waals surface area contributed by atoms with Crippen LogP contribution in [0.1, 0.15) is 43.8 Å². The number of rotatable bonds is 6. The standard InChI is InChI=1S/C17H28N4O3/c1-14-18-15(19-24-14)11-20-8-3-6-17(12-20)7-5-16(22)21(13-17)9-4-10-23-2/h3-13H2,1-2H3/t17-/m0/s1. The summed E-state index contributed by atoms with van der Waals surface area (Å²) < 4.78 is 10.2. The van der Waals surface area contributed by atoms with Crippen molar-refractivity contribution in [2.24, 2.45) is 5.41 Å². The Bertz CT molecular complexity index is 562. The molecule has 7 nitrogen and oxygen atoms in total. The minimum atomic E-state index is 0.220. The van der Waals surface area contributed by atoms with Crippen LogP contribution in [0, 0.1) is 12.3 Å². The van der Waals surface area contributed by atoms with Crippen molar-refractivity contribution in [3.8, 4) is 0 Å². The Kier molecular flexibility index (Phi) is 5.50. The van der Waals surface area contributed by atoms with Crippen LogP contribution in [0.25, 0.3) is 0 Å². The summed E-state index contributed by atoms with van der Waals surface area (Å²) in [6, 6.07) is 0. The molecule has 1 aromatic heterocycles. The van der Waals surface area contributed by atoms with Crippen LogP contribution in [0.5, 0.6) is 0 Å². The van der Waals surface area contributed by atoms with Gasteiger partial charge in [0, 0.05) is 52.1 Å². The van der Waals surface area contributed by atoms with Gasteiger partial charge in [0.15, 0.2) is 5.82 Å². The van der Waals surface area contributed by atoms with Gasteiger partial charge in [0.1, 0.15) is 0 Å². The zero-order chi connectivity index (χ0) is 17.0. The van der Waals surface area contributed by atoms with Crippen molar-refractivity contribution in [2.75, 3.05) is 39.9 Å². The highest BCUT2D eigenvalue weighted by atomic mass is 16.5. The first-order chi connectivity index (χ1) is 11.6. The molecule has 1 aromatic rings. The van der Waals surface area contributed by atoms with Crippen LogP contribution in [-0.2, 0) is 16.1 Å². The molecule has 0 aromatic carbocycles. The number of likely N-dealkylation sites (tertiary alicyclic amines) is 2. The lowest BCUT2D eigenvalue weighted by Gasteiger charge is -2.48. The van der Waals surface area contributed by atoms with Crippen molar-refractivity contribution < 1.29 is 14.1 Å². The Hall–Kier alpha value is -1.47. The van der Waals surface area contributed by atoms with Crippen LogP contribution < -0.4 is 0 Å². The van der Waals surface area contributed by atoms with Crippen LogP contribution in [-0.4, -0.2) is 65.7 Å². The van der Waals surface area contributed by atoms with Gasteiger partial charge in [0.2, 0.25) is 11.8 Å². The number of carbonyl (C=O) groups is 1. The van der Waals surface area contributed by atoms with E-state index in [-0.39, 0.29) is 5.41 Å². The van der Waals surface area contributed by atoms with Gasteiger partial charge in [-0.05, 0) is 32.2 Å². The molecule has 134 valence electrons. The topological polar surface area (TPSA) is 71.7 Å². The second kappa shape index (κ2) is 7.61. The fourth-order valence-electron chi connectivity index (χ4n) is 4.09. The SMILES string of the molecule is COCCCN1C[C@@]2(CCCN(Cc3noc(C)n3)C2)CCC1=O. The second-order valence-electron chi connectivity index (χ2n) is 7.21. The molecule has 24 heavy (non-hydrogen) atoms. The number of aromatic nitrogens is 2. The summed E-state index contributed by atoms with van der Waals surface area (Å²) in [5.41, 5.74) is 0.220. The van der Waals surface area contributed by atoms with Crippen LogP contribution in [0.3, 0.4) is 0 Å². The molecule has 0 radical (unpaired) electrons. The average Bonchev–Trinajstić information content (AvgIpc) is 2.96. The Labute approximate surface area is 143 Å². The van der Waals surface area contributed by atoms with Crippen LogP contribution in [0.4, 0.5) is 0 Å². The predicted molar refractivity (Wildman–Crippen MR) is 88.3 cm³/mol. The number of carbonyl (C=O) groups excluding carboxylic acids is 1. The van der Waals surface area contributed by atoms with Gasteiger partial charge in [0.05, 0.1) is 6.54 Å². The lowest BCUT2D eigenvalue weighted by molar-refractivity contribution is -0.139. The molecule has 0 N–H and O–H groups in total. The zero-order valence-corrected chi connectivity index (χ0v) is 14.8. The second-order valence-corrected chi connectivity index (χ2v) is 7.21. The lowest BCUT2D eigenvalue weighted by Crippen LogP contribution is -2.54. The Morgan fingerprint density at radius 2 is 2.21 bits per heavy atom. The number of hydrogen-bond donors (Lipinski definition) is 0. The summed E-state index contributed by atoms with van der Waals surface area (Å²) >= 11 is 0. The van der Waals surface area contributed by atoms with E-state index >= 15 is 0 Å².